The molecule has 434 valence electrons. The molecule has 0 N–H and O–H groups in total. The van der Waals surface area contributed by atoms with Crippen molar-refractivity contribution < 1.29 is 0 Å². The molecule has 0 bridgehead atoms. The third-order valence-electron chi connectivity index (χ3n) is 17.8. The highest BCUT2D eigenvalue weighted by Crippen LogP contribution is 2.51. The Morgan fingerprint density at radius 1 is 0.130 bits per heavy atom. The number of para-hydroxylation sites is 8. The van der Waals surface area contributed by atoms with Gasteiger partial charge in [-0.1, -0.05) is 218 Å². The molecule has 0 aliphatic rings. The van der Waals surface area contributed by atoms with Crippen LogP contribution in [0.25, 0.3) is 76.8 Å². The third-order valence-corrected chi connectivity index (χ3v) is 17.8. The minimum atomic E-state index is 1.08. The summed E-state index contributed by atoms with van der Waals surface area (Å²) in [5.41, 5.74) is 22.4. The molecule has 0 saturated heterocycles. The average molecular weight is 1180 g/mol. The van der Waals surface area contributed by atoms with Crippen LogP contribution in [0.3, 0.4) is 0 Å². The summed E-state index contributed by atoms with van der Waals surface area (Å²) in [5, 5.41) is 7.26. The van der Waals surface area contributed by atoms with E-state index >= 15 is 0 Å². The maximum Gasteiger partial charge on any atom is 0.0462 e. The van der Waals surface area contributed by atoms with E-state index in [0.717, 1.165) is 90.5 Å². The molecular weight excluding hydrogens is 1110 g/mol. The van der Waals surface area contributed by atoms with Gasteiger partial charge in [0.1, 0.15) is 0 Å². The summed E-state index contributed by atoms with van der Waals surface area (Å²) in [7, 11) is 0. The van der Waals surface area contributed by atoms with E-state index in [-0.39, 0.29) is 0 Å². The van der Waals surface area contributed by atoms with Gasteiger partial charge in [0, 0.05) is 68.2 Å². The van der Waals surface area contributed by atoms with Crippen molar-refractivity contribution in [3.63, 3.8) is 0 Å². The molecule has 0 heterocycles. The van der Waals surface area contributed by atoms with Gasteiger partial charge in [0.05, 0.1) is 0 Å². The fourth-order valence-corrected chi connectivity index (χ4v) is 13.5. The summed E-state index contributed by atoms with van der Waals surface area (Å²) < 4.78 is 0. The van der Waals surface area contributed by atoms with Crippen LogP contribution >= 0.6 is 0 Å². The Morgan fingerprint density at radius 2 is 0.304 bits per heavy atom. The summed E-state index contributed by atoms with van der Waals surface area (Å²) in [5.74, 6) is 0. The Bertz CT molecular complexity index is 4650. The molecule has 16 aromatic rings. The molecule has 92 heavy (non-hydrogen) atoms. The zero-order chi connectivity index (χ0) is 61.2. The third kappa shape index (κ3) is 10.4. The first-order chi connectivity index (χ1) is 45.7. The van der Waals surface area contributed by atoms with Gasteiger partial charge in [-0.2, -0.15) is 0 Å². The van der Waals surface area contributed by atoms with Gasteiger partial charge in [-0.05, 0) is 235 Å². The number of benzene rings is 16. The minimum absolute atomic E-state index is 1.08. The molecule has 16 rings (SSSR count). The largest absolute Gasteiger partial charge is 0.311 e. The van der Waals surface area contributed by atoms with E-state index in [1.165, 1.54) is 54.6 Å². The molecule has 0 aliphatic heterocycles. The van der Waals surface area contributed by atoms with E-state index in [1.807, 2.05) is 0 Å². The highest BCUT2D eigenvalue weighted by Gasteiger charge is 2.24. The molecule has 0 radical (unpaired) electrons. The first-order valence-corrected chi connectivity index (χ1v) is 31.5. The number of rotatable bonds is 16. The van der Waals surface area contributed by atoms with Gasteiger partial charge in [0.2, 0.25) is 0 Å². The standard InChI is InChI=1S/C88H62N4/c1-9-25-67(26-10-1)89(68-27-11-2-12-28-68)75-49-41-63(42-50-75)79-57-59-81-84(66-47-55-78(56-48-66)92(73-37-21-7-22-38-73)74-39-23-8-24-40-74)62-86-80(64-43-51-76(52-44-64)90(69-29-13-3-14-30-69)70-31-15-4-16-32-70)58-60-82-83(61-85(79)87(81)88(82)86)65-45-53-77(54-46-65)91(71-33-17-5-18-34-71)72-35-19-6-20-36-72/h1-62H. The van der Waals surface area contributed by atoms with E-state index in [9.17, 15) is 0 Å². The van der Waals surface area contributed by atoms with E-state index in [1.54, 1.807) is 0 Å². The minimum Gasteiger partial charge on any atom is -0.311 e. The first kappa shape index (κ1) is 55.1. The molecule has 0 aliphatic carbocycles. The summed E-state index contributed by atoms with van der Waals surface area (Å²) in [6, 6.07) is 136. The van der Waals surface area contributed by atoms with Crippen molar-refractivity contribution in [3.8, 4) is 44.5 Å². The number of nitrogens with zero attached hydrogens (tertiary/aromatic N) is 4. The number of hydrogen-bond acceptors (Lipinski definition) is 4. The topological polar surface area (TPSA) is 13.0 Å². The van der Waals surface area contributed by atoms with Crippen LogP contribution in [0.15, 0.2) is 376 Å². The molecule has 0 amide bonds. The van der Waals surface area contributed by atoms with Crippen molar-refractivity contribution >= 4 is 101 Å². The van der Waals surface area contributed by atoms with Crippen molar-refractivity contribution in [1.82, 2.24) is 0 Å². The molecule has 0 spiro atoms. The van der Waals surface area contributed by atoms with E-state index in [0.29, 0.717) is 0 Å². The lowest BCUT2D eigenvalue weighted by Crippen LogP contribution is -2.09. The Morgan fingerprint density at radius 3 is 0.500 bits per heavy atom. The first-order valence-electron chi connectivity index (χ1n) is 31.5. The molecule has 4 nitrogen and oxygen atoms in total. The van der Waals surface area contributed by atoms with Crippen LogP contribution in [0.4, 0.5) is 68.2 Å². The number of hydrogen-bond donors (Lipinski definition) is 0. The van der Waals surface area contributed by atoms with Gasteiger partial charge in [-0.3, -0.25) is 0 Å². The average Bonchev–Trinajstić information content (AvgIpc) is 0.713. The summed E-state index contributed by atoms with van der Waals surface area (Å²) in [4.78, 5) is 9.33. The second-order valence-corrected chi connectivity index (χ2v) is 23.2. The van der Waals surface area contributed by atoms with Crippen LogP contribution < -0.4 is 19.6 Å². The van der Waals surface area contributed by atoms with Gasteiger partial charge in [0.15, 0.2) is 0 Å². The molecule has 16 aromatic carbocycles. The normalized spacial score (nSPS) is 11.3. The molecule has 4 heteroatoms. The van der Waals surface area contributed by atoms with Crippen molar-refractivity contribution in [3.05, 3.63) is 376 Å². The molecule has 0 fully saturated rings. The Hall–Kier alpha value is -12.2. The van der Waals surface area contributed by atoms with Gasteiger partial charge in [-0.25, -0.2) is 0 Å². The second kappa shape index (κ2) is 24.4. The summed E-state index contributed by atoms with van der Waals surface area (Å²) in [6.07, 6.45) is 0. The van der Waals surface area contributed by atoms with Crippen molar-refractivity contribution in [2.24, 2.45) is 0 Å². The fourth-order valence-electron chi connectivity index (χ4n) is 13.5. The van der Waals surface area contributed by atoms with E-state index in [4.69, 9.17) is 0 Å². The SMILES string of the molecule is c1ccc(N(c2ccccc2)c2ccc(-c3cc4c(-c5ccc(N(c6ccccc6)c6ccccc6)cc5)ccc5c(-c6ccc(N(c7ccccc7)c7ccccc7)cc6)cc6c(-c7ccc(N(c8ccccc8)c8ccccc8)cc7)ccc3c6c54)cc2)cc1. The zero-order valence-electron chi connectivity index (χ0n) is 50.6. The quantitative estimate of drug-likeness (QED) is 0.0894. The fraction of sp³-hybridized carbons (Fsp3) is 0. The van der Waals surface area contributed by atoms with Gasteiger partial charge >= 0.3 is 0 Å². The van der Waals surface area contributed by atoms with Crippen LogP contribution in [0.5, 0.6) is 0 Å². The Balaban J connectivity index is 0.921. The second-order valence-electron chi connectivity index (χ2n) is 23.2. The van der Waals surface area contributed by atoms with Crippen LogP contribution in [-0.2, 0) is 0 Å². The lowest BCUT2D eigenvalue weighted by atomic mass is 9.81. The maximum absolute atomic E-state index is 2.48. The summed E-state index contributed by atoms with van der Waals surface area (Å²) in [6.45, 7) is 0. The molecule has 0 aromatic heterocycles. The lowest BCUT2D eigenvalue weighted by Gasteiger charge is -2.26. The van der Waals surface area contributed by atoms with Crippen LogP contribution in [0.2, 0.25) is 0 Å². The molecule has 0 unspecified atom stereocenters. The predicted octanol–water partition coefficient (Wildman–Crippen LogP) is 25.1. The van der Waals surface area contributed by atoms with Gasteiger partial charge in [0.25, 0.3) is 0 Å². The van der Waals surface area contributed by atoms with Crippen molar-refractivity contribution in [1.29, 1.82) is 0 Å². The van der Waals surface area contributed by atoms with Crippen molar-refractivity contribution in [2.45, 2.75) is 0 Å². The molecule has 0 saturated carbocycles. The van der Waals surface area contributed by atoms with Gasteiger partial charge in [-0.15, -0.1) is 0 Å². The maximum atomic E-state index is 2.48. The van der Waals surface area contributed by atoms with Crippen LogP contribution in [0, 0.1) is 0 Å². The highest BCUT2D eigenvalue weighted by molar-refractivity contribution is 6.33. The predicted molar refractivity (Wildman–Crippen MR) is 391 cm³/mol. The lowest BCUT2D eigenvalue weighted by molar-refractivity contribution is 1.28. The number of anilines is 12. The van der Waals surface area contributed by atoms with Gasteiger partial charge < -0.3 is 19.6 Å². The highest BCUT2D eigenvalue weighted by atomic mass is 15.2. The Labute approximate surface area is 537 Å². The van der Waals surface area contributed by atoms with Crippen LogP contribution in [-0.4, -0.2) is 0 Å². The van der Waals surface area contributed by atoms with Crippen LogP contribution in [0.1, 0.15) is 0 Å². The van der Waals surface area contributed by atoms with Crippen molar-refractivity contribution in [2.75, 3.05) is 19.6 Å². The van der Waals surface area contributed by atoms with E-state index in [2.05, 4.69) is 396 Å². The molecule has 0 atom stereocenters. The molecular formula is C88H62N4. The Kier molecular flexibility index (Phi) is 14.6. The smallest absolute Gasteiger partial charge is 0.0462 e. The monoisotopic (exact) mass is 1170 g/mol. The van der Waals surface area contributed by atoms with E-state index < -0.39 is 0 Å². The summed E-state index contributed by atoms with van der Waals surface area (Å²) >= 11 is 0. The zero-order valence-corrected chi connectivity index (χ0v) is 50.6.